The van der Waals surface area contributed by atoms with Gasteiger partial charge in [0.2, 0.25) is 16.0 Å². The molecule has 4 aromatic rings. The van der Waals surface area contributed by atoms with Crippen LogP contribution in [0.2, 0.25) is 0 Å². The summed E-state index contributed by atoms with van der Waals surface area (Å²) >= 11 is 0. The molecule has 5 rings (SSSR count). The van der Waals surface area contributed by atoms with Gasteiger partial charge in [0.25, 0.3) is 5.91 Å². The first-order valence-electron chi connectivity index (χ1n) is 11.9. The van der Waals surface area contributed by atoms with E-state index in [0.717, 1.165) is 11.1 Å². The number of likely N-dealkylation sites (N-methyl/N-ethyl adjacent to an activating group) is 1. The van der Waals surface area contributed by atoms with Crippen molar-refractivity contribution in [2.24, 2.45) is 0 Å². The van der Waals surface area contributed by atoms with Gasteiger partial charge in [-0.3, -0.25) is 4.79 Å². The normalized spacial score (nSPS) is 13.3. The molecule has 1 aromatic heterocycles. The van der Waals surface area contributed by atoms with Gasteiger partial charge in [-0.05, 0) is 49.0 Å². The number of carbonyl (C=O) groups excluding carboxylic acids is 1. The van der Waals surface area contributed by atoms with Crippen LogP contribution in [0.4, 0.5) is 5.95 Å². The first-order chi connectivity index (χ1) is 17.7. The zero-order valence-electron chi connectivity index (χ0n) is 20.7. The monoisotopic (exact) mass is 516 g/mol. The molecule has 2 heterocycles. The lowest BCUT2D eigenvalue weighted by atomic mass is 10.0. The summed E-state index contributed by atoms with van der Waals surface area (Å²) in [6, 6.07) is 20.0. The Balaban J connectivity index is 1.54. The van der Waals surface area contributed by atoms with E-state index in [2.05, 4.69) is 14.7 Å². The van der Waals surface area contributed by atoms with E-state index in [-0.39, 0.29) is 29.0 Å². The summed E-state index contributed by atoms with van der Waals surface area (Å²) in [6.45, 7) is 1.83. The zero-order chi connectivity index (χ0) is 26.2. The highest BCUT2D eigenvalue weighted by molar-refractivity contribution is 7.89. The topological polar surface area (TPSA) is 122 Å². The zero-order valence-corrected chi connectivity index (χ0v) is 21.5. The summed E-state index contributed by atoms with van der Waals surface area (Å²) in [7, 11) is -0.00635. The minimum absolute atomic E-state index is 0.00776. The molecule has 37 heavy (non-hydrogen) atoms. The molecular formula is C27H28N6O3S. The second kappa shape index (κ2) is 9.89. The largest absolute Gasteiger partial charge is 0.368 e. The summed E-state index contributed by atoms with van der Waals surface area (Å²) < 4.78 is 28.9. The number of nitrogens with zero attached hydrogens (tertiary/aromatic N) is 4. The van der Waals surface area contributed by atoms with Crippen LogP contribution >= 0.6 is 0 Å². The van der Waals surface area contributed by atoms with Gasteiger partial charge < -0.3 is 15.5 Å². The molecule has 0 aliphatic carbocycles. The molecule has 10 heteroatoms. The Bertz CT molecular complexity index is 1580. The predicted molar refractivity (Wildman–Crippen MR) is 143 cm³/mol. The van der Waals surface area contributed by atoms with Gasteiger partial charge in [0.15, 0.2) is 0 Å². The predicted octanol–water partition coefficient (Wildman–Crippen LogP) is 2.87. The van der Waals surface area contributed by atoms with Crippen LogP contribution in [-0.4, -0.2) is 61.3 Å². The number of anilines is 1. The fourth-order valence-corrected chi connectivity index (χ4v) is 5.77. The first kappa shape index (κ1) is 24.8. The van der Waals surface area contributed by atoms with Gasteiger partial charge in [0, 0.05) is 37.1 Å². The molecule has 0 radical (unpaired) electrons. The lowest BCUT2D eigenvalue weighted by Crippen LogP contribution is -2.31. The van der Waals surface area contributed by atoms with Gasteiger partial charge in [-0.25, -0.2) is 23.1 Å². The smallest absolute Gasteiger partial charge is 0.273 e. The number of rotatable bonds is 7. The lowest BCUT2D eigenvalue weighted by molar-refractivity contribution is 0.0747. The van der Waals surface area contributed by atoms with Crippen molar-refractivity contribution in [1.29, 1.82) is 0 Å². The maximum absolute atomic E-state index is 13.6. The molecule has 3 N–H and O–H groups in total. The number of hydrogen-bond donors (Lipinski definition) is 2. The van der Waals surface area contributed by atoms with E-state index in [1.54, 1.807) is 47.4 Å². The van der Waals surface area contributed by atoms with Gasteiger partial charge in [-0.1, -0.05) is 48.5 Å². The van der Waals surface area contributed by atoms with E-state index in [0.29, 0.717) is 41.7 Å². The Morgan fingerprint density at radius 1 is 1.00 bits per heavy atom. The van der Waals surface area contributed by atoms with Gasteiger partial charge in [-0.15, -0.1) is 0 Å². The van der Waals surface area contributed by atoms with E-state index in [1.807, 2.05) is 43.3 Å². The van der Waals surface area contributed by atoms with Crippen molar-refractivity contribution < 1.29 is 13.2 Å². The SMILES string of the molecule is CN(C)CCNS(=O)(=O)c1ccccc1-c1ccc2nc(N)nc(C(=O)N3Cc4ccccc4C3)c2c1. The lowest BCUT2D eigenvalue weighted by Gasteiger charge is -2.17. The molecule has 0 saturated heterocycles. The highest BCUT2D eigenvalue weighted by Gasteiger charge is 2.27. The van der Waals surface area contributed by atoms with Crippen molar-refractivity contribution in [3.8, 4) is 11.1 Å². The third-order valence-electron chi connectivity index (χ3n) is 6.38. The Morgan fingerprint density at radius 3 is 2.38 bits per heavy atom. The second-order valence-electron chi connectivity index (χ2n) is 9.29. The third-order valence-corrected chi connectivity index (χ3v) is 7.90. The average molecular weight is 517 g/mol. The molecule has 3 aromatic carbocycles. The number of nitrogens with one attached hydrogen (secondary N) is 1. The number of nitrogen functional groups attached to an aromatic ring is 1. The van der Waals surface area contributed by atoms with Crippen LogP contribution in [0.1, 0.15) is 21.6 Å². The molecular weight excluding hydrogens is 488 g/mol. The highest BCUT2D eigenvalue weighted by atomic mass is 32.2. The third kappa shape index (κ3) is 5.04. The van der Waals surface area contributed by atoms with Crippen LogP contribution in [0, 0.1) is 0 Å². The van der Waals surface area contributed by atoms with Crippen LogP contribution in [0.5, 0.6) is 0 Å². The quantitative estimate of drug-likeness (QED) is 0.387. The van der Waals surface area contributed by atoms with Crippen molar-refractivity contribution in [3.63, 3.8) is 0 Å². The molecule has 1 aliphatic rings. The van der Waals surface area contributed by atoms with E-state index < -0.39 is 10.0 Å². The molecule has 1 amide bonds. The summed E-state index contributed by atoms with van der Waals surface area (Å²) in [6.07, 6.45) is 0. The second-order valence-corrected chi connectivity index (χ2v) is 11.0. The van der Waals surface area contributed by atoms with Gasteiger partial charge in [0.1, 0.15) is 5.69 Å². The molecule has 1 aliphatic heterocycles. The van der Waals surface area contributed by atoms with Gasteiger partial charge in [0.05, 0.1) is 10.4 Å². The van der Waals surface area contributed by atoms with Crippen molar-refractivity contribution in [3.05, 3.63) is 83.6 Å². The maximum Gasteiger partial charge on any atom is 0.273 e. The maximum atomic E-state index is 13.6. The van der Waals surface area contributed by atoms with E-state index in [4.69, 9.17) is 5.73 Å². The highest BCUT2D eigenvalue weighted by Crippen LogP contribution is 2.32. The Hall–Kier alpha value is -3.86. The van der Waals surface area contributed by atoms with Gasteiger partial charge >= 0.3 is 0 Å². The number of aromatic nitrogens is 2. The number of sulfonamides is 1. The van der Waals surface area contributed by atoms with Crippen molar-refractivity contribution in [2.45, 2.75) is 18.0 Å². The molecule has 0 saturated carbocycles. The molecule has 0 fully saturated rings. The Labute approximate surface area is 216 Å². The number of benzene rings is 3. The Morgan fingerprint density at radius 2 is 1.68 bits per heavy atom. The molecule has 9 nitrogen and oxygen atoms in total. The Kier molecular flexibility index (Phi) is 6.63. The number of carbonyl (C=O) groups is 1. The molecule has 0 spiro atoms. The summed E-state index contributed by atoms with van der Waals surface area (Å²) in [4.78, 5) is 26.0. The molecule has 0 bridgehead atoms. The summed E-state index contributed by atoms with van der Waals surface area (Å²) in [5, 5.41) is 0.514. The number of fused-ring (bicyclic) bond motifs is 2. The summed E-state index contributed by atoms with van der Waals surface area (Å²) in [5.74, 6) is -0.243. The molecule has 190 valence electrons. The van der Waals surface area contributed by atoms with Crippen LogP contribution < -0.4 is 10.5 Å². The van der Waals surface area contributed by atoms with Crippen LogP contribution in [0.3, 0.4) is 0 Å². The minimum atomic E-state index is -3.77. The average Bonchev–Trinajstić information content (AvgIpc) is 3.31. The van der Waals surface area contributed by atoms with Crippen molar-refractivity contribution in [2.75, 3.05) is 32.9 Å². The van der Waals surface area contributed by atoms with E-state index in [1.165, 1.54) is 0 Å². The number of hydrogen-bond acceptors (Lipinski definition) is 7. The summed E-state index contributed by atoms with van der Waals surface area (Å²) in [5.41, 5.74) is 10.0. The van der Waals surface area contributed by atoms with Crippen molar-refractivity contribution in [1.82, 2.24) is 24.5 Å². The van der Waals surface area contributed by atoms with Gasteiger partial charge in [-0.2, -0.15) is 0 Å². The first-order valence-corrected chi connectivity index (χ1v) is 13.4. The van der Waals surface area contributed by atoms with Crippen molar-refractivity contribution >= 4 is 32.8 Å². The van der Waals surface area contributed by atoms with E-state index >= 15 is 0 Å². The number of nitrogens with two attached hydrogens (primary N) is 1. The van der Waals surface area contributed by atoms with Crippen LogP contribution in [-0.2, 0) is 23.1 Å². The van der Waals surface area contributed by atoms with E-state index in [9.17, 15) is 13.2 Å². The van der Waals surface area contributed by atoms with Crippen LogP contribution in [0.25, 0.3) is 22.0 Å². The standard InChI is InChI=1S/C27H28N6O3S/c1-32(2)14-13-29-37(35,36)24-10-6-5-9-21(24)18-11-12-23-22(15-18)25(31-27(28)30-23)26(34)33-16-19-7-3-4-8-20(19)17-33/h3-12,15,29H,13-14,16-17H2,1-2H3,(H2,28,30,31). The van der Waals surface area contributed by atoms with Crippen LogP contribution in [0.15, 0.2) is 71.6 Å². The fraction of sp³-hybridized carbons (Fsp3) is 0.222. The molecule has 0 unspecified atom stereocenters. The number of amides is 1. The molecule has 0 atom stereocenters. The fourth-order valence-electron chi connectivity index (χ4n) is 4.52. The minimum Gasteiger partial charge on any atom is -0.368 e.